The van der Waals surface area contributed by atoms with Crippen molar-refractivity contribution >= 4 is 0 Å². The molecule has 0 spiro atoms. The van der Waals surface area contributed by atoms with E-state index in [1.165, 1.54) is 12.8 Å². The molecule has 0 radical (unpaired) electrons. The molecule has 3 heteroatoms. The van der Waals surface area contributed by atoms with E-state index < -0.39 is 0 Å². The zero-order valence-electron chi connectivity index (χ0n) is 7.38. The Morgan fingerprint density at radius 2 is 2.50 bits per heavy atom. The van der Waals surface area contributed by atoms with Gasteiger partial charge >= 0.3 is 0 Å². The van der Waals surface area contributed by atoms with Crippen LogP contribution in [0.2, 0.25) is 0 Å². The molecule has 0 aromatic heterocycles. The molecule has 1 aliphatic heterocycles. The standard InChI is InChI=1S/C9H16N2O/c10-5-1-2-7-12-9-4-3-6-11-8-9/h9,11H,1-4,6-8H2. The third kappa shape index (κ3) is 3.70. The van der Waals surface area contributed by atoms with Crippen molar-refractivity contribution in [2.24, 2.45) is 0 Å². The summed E-state index contributed by atoms with van der Waals surface area (Å²) in [5, 5.41) is 11.6. The highest BCUT2D eigenvalue weighted by Gasteiger charge is 2.11. The van der Waals surface area contributed by atoms with Crippen LogP contribution in [-0.4, -0.2) is 25.8 Å². The van der Waals surface area contributed by atoms with E-state index in [2.05, 4.69) is 11.4 Å². The SMILES string of the molecule is N#CCCCOC1CCCNC1. The van der Waals surface area contributed by atoms with Gasteiger partial charge in [-0.15, -0.1) is 0 Å². The minimum absolute atomic E-state index is 0.387. The average molecular weight is 168 g/mol. The van der Waals surface area contributed by atoms with Crippen LogP contribution in [0.3, 0.4) is 0 Å². The first-order valence-corrected chi connectivity index (χ1v) is 4.63. The molecule has 1 saturated heterocycles. The molecule has 12 heavy (non-hydrogen) atoms. The van der Waals surface area contributed by atoms with Crippen LogP contribution in [0.1, 0.15) is 25.7 Å². The van der Waals surface area contributed by atoms with Crippen LogP contribution in [0.5, 0.6) is 0 Å². The van der Waals surface area contributed by atoms with Gasteiger partial charge in [-0.2, -0.15) is 5.26 Å². The quantitative estimate of drug-likeness (QED) is 0.638. The third-order valence-electron chi connectivity index (χ3n) is 2.04. The van der Waals surface area contributed by atoms with Gasteiger partial charge in [-0.25, -0.2) is 0 Å². The highest BCUT2D eigenvalue weighted by atomic mass is 16.5. The second-order valence-electron chi connectivity index (χ2n) is 3.10. The Morgan fingerprint density at radius 1 is 1.58 bits per heavy atom. The fourth-order valence-electron chi connectivity index (χ4n) is 1.36. The Morgan fingerprint density at radius 3 is 3.17 bits per heavy atom. The number of rotatable bonds is 4. The lowest BCUT2D eigenvalue weighted by Crippen LogP contribution is -2.35. The summed E-state index contributed by atoms with van der Waals surface area (Å²) in [6.07, 6.45) is 4.24. The molecule has 0 amide bonds. The predicted molar refractivity (Wildman–Crippen MR) is 46.7 cm³/mol. The van der Waals surface area contributed by atoms with E-state index in [1.807, 2.05) is 0 Å². The maximum Gasteiger partial charge on any atom is 0.0699 e. The monoisotopic (exact) mass is 168 g/mol. The van der Waals surface area contributed by atoms with Crippen molar-refractivity contribution < 1.29 is 4.74 Å². The van der Waals surface area contributed by atoms with Gasteiger partial charge in [0.25, 0.3) is 0 Å². The molecule has 1 fully saturated rings. The maximum absolute atomic E-state index is 8.29. The van der Waals surface area contributed by atoms with E-state index >= 15 is 0 Å². The molecular weight excluding hydrogens is 152 g/mol. The van der Waals surface area contributed by atoms with Gasteiger partial charge in [0.1, 0.15) is 0 Å². The Hall–Kier alpha value is -0.590. The van der Waals surface area contributed by atoms with E-state index in [9.17, 15) is 0 Å². The molecule has 0 aromatic carbocycles. The fourth-order valence-corrected chi connectivity index (χ4v) is 1.36. The molecule has 0 saturated carbocycles. The molecular formula is C9H16N2O. The predicted octanol–water partition coefficient (Wildman–Crippen LogP) is 1.06. The summed E-state index contributed by atoms with van der Waals surface area (Å²) in [5.74, 6) is 0. The van der Waals surface area contributed by atoms with Crippen LogP contribution in [-0.2, 0) is 4.74 Å². The average Bonchev–Trinajstić information content (AvgIpc) is 2.14. The van der Waals surface area contributed by atoms with Crippen LogP contribution in [0.15, 0.2) is 0 Å². The number of unbranched alkanes of at least 4 members (excludes halogenated alkanes) is 1. The minimum Gasteiger partial charge on any atom is -0.377 e. The van der Waals surface area contributed by atoms with E-state index in [4.69, 9.17) is 10.00 Å². The molecule has 0 bridgehead atoms. The lowest BCUT2D eigenvalue weighted by Gasteiger charge is -2.22. The van der Waals surface area contributed by atoms with Crippen LogP contribution >= 0.6 is 0 Å². The number of nitrogens with one attached hydrogen (secondary N) is 1. The van der Waals surface area contributed by atoms with Crippen molar-refractivity contribution in [2.75, 3.05) is 19.7 Å². The van der Waals surface area contributed by atoms with Gasteiger partial charge in [-0.1, -0.05) is 0 Å². The van der Waals surface area contributed by atoms with Crippen molar-refractivity contribution in [1.29, 1.82) is 5.26 Å². The Bertz CT molecular complexity index is 147. The van der Waals surface area contributed by atoms with Gasteiger partial charge in [0, 0.05) is 19.6 Å². The van der Waals surface area contributed by atoms with Crippen molar-refractivity contribution in [1.82, 2.24) is 5.32 Å². The Kier molecular flexibility index (Phi) is 4.74. The third-order valence-corrected chi connectivity index (χ3v) is 2.04. The zero-order chi connectivity index (χ0) is 8.65. The molecule has 1 atom stereocenters. The molecule has 1 aliphatic rings. The van der Waals surface area contributed by atoms with E-state index in [1.54, 1.807) is 0 Å². The van der Waals surface area contributed by atoms with Crippen molar-refractivity contribution in [3.05, 3.63) is 0 Å². The van der Waals surface area contributed by atoms with E-state index in [0.717, 1.165) is 26.1 Å². The number of nitriles is 1. The van der Waals surface area contributed by atoms with Crippen molar-refractivity contribution in [3.8, 4) is 6.07 Å². The molecule has 1 N–H and O–H groups in total. The molecule has 1 rings (SSSR count). The highest BCUT2D eigenvalue weighted by molar-refractivity contribution is 4.70. The summed E-state index contributed by atoms with van der Waals surface area (Å²) in [6.45, 7) is 2.84. The maximum atomic E-state index is 8.29. The first-order chi connectivity index (χ1) is 5.93. The van der Waals surface area contributed by atoms with E-state index in [0.29, 0.717) is 12.5 Å². The summed E-state index contributed by atoms with van der Waals surface area (Å²) in [7, 11) is 0. The second kappa shape index (κ2) is 5.99. The van der Waals surface area contributed by atoms with Gasteiger partial charge < -0.3 is 10.1 Å². The molecule has 0 aromatic rings. The lowest BCUT2D eigenvalue weighted by atomic mass is 10.1. The van der Waals surface area contributed by atoms with E-state index in [-0.39, 0.29) is 0 Å². The largest absolute Gasteiger partial charge is 0.377 e. The minimum atomic E-state index is 0.387. The molecule has 1 heterocycles. The zero-order valence-corrected chi connectivity index (χ0v) is 7.38. The van der Waals surface area contributed by atoms with Gasteiger partial charge in [-0.3, -0.25) is 0 Å². The van der Waals surface area contributed by atoms with Gasteiger partial charge in [0.05, 0.1) is 12.2 Å². The Labute approximate surface area is 73.7 Å². The number of nitrogens with zero attached hydrogens (tertiary/aromatic N) is 1. The Balaban J connectivity index is 1.95. The van der Waals surface area contributed by atoms with Crippen molar-refractivity contribution in [3.63, 3.8) is 0 Å². The second-order valence-corrected chi connectivity index (χ2v) is 3.10. The van der Waals surface area contributed by atoms with Crippen molar-refractivity contribution in [2.45, 2.75) is 31.8 Å². The summed E-state index contributed by atoms with van der Waals surface area (Å²) < 4.78 is 5.57. The lowest BCUT2D eigenvalue weighted by molar-refractivity contribution is 0.0362. The van der Waals surface area contributed by atoms with Crippen LogP contribution in [0.4, 0.5) is 0 Å². The van der Waals surface area contributed by atoms with Gasteiger partial charge in [-0.05, 0) is 25.8 Å². The summed E-state index contributed by atoms with van der Waals surface area (Å²) in [4.78, 5) is 0. The molecule has 68 valence electrons. The fraction of sp³-hybridized carbons (Fsp3) is 0.889. The topological polar surface area (TPSA) is 45.0 Å². The molecule has 1 unspecified atom stereocenters. The normalized spacial score (nSPS) is 23.4. The molecule has 3 nitrogen and oxygen atoms in total. The number of hydrogen-bond acceptors (Lipinski definition) is 3. The number of ether oxygens (including phenoxy) is 1. The number of hydrogen-bond donors (Lipinski definition) is 1. The molecule has 0 aliphatic carbocycles. The van der Waals surface area contributed by atoms with Crippen LogP contribution in [0.25, 0.3) is 0 Å². The summed E-state index contributed by atoms with van der Waals surface area (Å²) >= 11 is 0. The van der Waals surface area contributed by atoms with Gasteiger partial charge in [0.2, 0.25) is 0 Å². The van der Waals surface area contributed by atoms with Crippen LogP contribution < -0.4 is 5.32 Å². The summed E-state index contributed by atoms with van der Waals surface area (Å²) in [6, 6.07) is 2.11. The first-order valence-electron chi connectivity index (χ1n) is 4.63. The smallest absolute Gasteiger partial charge is 0.0699 e. The first kappa shape index (κ1) is 9.50. The summed E-state index contributed by atoms with van der Waals surface area (Å²) in [5.41, 5.74) is 0. The van der Waals surface area contributed by atoms with Gasteiger partial charge in [0.15, 0.2) is 0 Å². The van der Waals surface area contributed by atoms with Crippen LogP contribution in [0, 0.1) is 11.3 Å². The number of piperidine rings is 1. The highest BCUT2D eigenvalue weighted by Crippen LogP contribution is 2.06.